The van der Waals surface area contributed by atoms with Crippen LogP contribution in [0.2, 0.25) is 0 Å². The van der Waals surface area contributed by atoms with Gasteiger partial charge in [0.2, 0.25) is 0 Å². The van der Waals surface area contributed by atoms with Gasteiger partial charge >= 0.3 is 0 Å². The topological polar surface area (TPSA) is 55.1 Å². The number of carbonyl (C=O) groups excluding carboxylic acids is 1. The summed E-state index contributed by atoms with van der Waals surface area (Å²) in [5, 5.41) is 2.77. The second-order valence-corrected chi connectivity index (χ2v) is 4.71. The predicted octanol–water partition coefficient (Wildman–Crippen LogP) is 2.69. The number of anilines is 1. The van der Waals surface area contributed by atoms with E-state index >= 15 is 0 Å². The molecule has 104 valence electrons. The number of carbonyl (C=O) groups is 1. The SMILES string of the molecule is Cc1ccccc1CCNC(=O)c1cc(N)cc(F)c1. The summed E-state index contributed by atoms with van der Waals surface area (Å²) in [7, 11) is 0. The van der Waals surface area contributed by atoms with Crippen molar-refractivity contribution in [2.45, 2.75) is 13.3 Å². The zero-order valence-corrected chi connectivity index (χ0v) is 11.3. The first-order chi connectivity index (χ1) is 9.56. The average Bonchev–Trinajstić information content (AvgIpc) is 2.39. The van der Waals surface area contributed by atoms with Crippen LogP contribution in [0.3, 0.4) is 0 Å². The smallest absolute Gasteiger partial charge is 0.251 e. The Morgan fingerprint density at radius 3 is 2.70 bits per heavy atom. The van der Waals surface area contributed by atoms with E-state index in [4.69, 9.17) is 5.73 Å². The van der Waals surface area contributed by atoms with E-state index < -0.39 is 5.82 Å². The van der Waals surface area contributed by atoms with Gasteiger partial charge in [0.05, 0.1) is 0 Å². The minimum absolute atomic E-state index is 0.243. The molecular formula is C16H17FN2O. The molecule has 0 aliphatic carbocycles. The monoisotopic (exact) mass is 272 g/mol. The molecule has 3 N–H and O–H groups in total. The van der Waals surface area contributed by atoms with Crippen LogP contribution < -0.4 is 11.1 Å². The normalized spacial score (nSPS) is 10.3. The Labute approximate surface area is 117 Å². The fourth-order valence-electron chi connectivity index (χ4n) is 2.05. The number of amides is 1. The van der Waals surface area contributed by atoms with E-state index in [-0.39, 0.29) is 17.2 Å². The van der Waals surface area contributed by atoms with E-state index in [0.29, 0.717) is 6.54 Å². The van der Waals surface area contributed by atoms with Crippen molar-refractivity contribution in [2.75, 3.05) is 12.3 Å². The van der Waals surface area contributed by atoms with Crippen molar-refractivity contribution in [3.63, 3.8) is 0 Å². The van der Waals surface area contributed by atoms with Gasteiger partial charge in [0.15, 0.2) is 0 Å². The highest BCUT2D eigenvalue weighted by molar-refractivity contribution is 5.95. The van der Waals surface area contributed by atoms with Gasteiger partial charge in [-0.15, -0.1) is 0 Å². The third-order valence-corrected chi connectivity index (χ3v) is 3.12. The molecule has 0 saturated heterocycles. The number of nitrogens with two attached hydrogens (primary N) is 1. The fourth-order valence-corrected chi connectivity index (χ4v) is 2.05. The summed E-state index contributed by atoms with van der Waals surface area (Å²) in [6, 6.07) is 11.8. The van der Waals surface area contributed by atoms with Gasteiger partial charge in [0.1, 0.15) is 5.82 Å². The average molecular weight is 272 g/mol. The Kier molecular flexibility index (Phi) is 4.35. The summed E-state index contributed by atoms with van der Waals surface area (Å²) < 4.78 is 13.2. The highest BCUT2D eigenvalue weighted by atomic mass is 19.1. The van der Waals surface area contributed by atoms with E-state index in [1.807, 2.05) is 31.2 Å². The maximum Gasteiger partial charge on any atom is 0.251 e. The molecule has 0 bridgehead atoms. The molecule has 2 aromatic carbocycles. The second kappa shape index (κ2) is 6.19. The van der Waals surface area contributed by atoms with E-state index in [2.05, 4.69) is 5.32 Å². The quantitative estimate of drug-likeness (QED) is 0.841. The number of nitrogen functional groups attached to an aromatic ring is 1. The highest BCUT2D eigenvalue weighted by Crippen LogP contribution is 2.11. The lowest BCUT2D eigenvalue weighted by Gasteiger charge is -2.08. The number of aryl methyl sites for hydroxylation is 1. The van der Waals surface area contributed by atoms with Gasteiger partial charge in [-0.05, 0) is 42.7 Å². The second-order valence-electron chi connectivity index (χ2n) is 4.71. The largest absolute Gasteiger partial charge is 0.399 e. The molecule has 3 nitrogen and oxygen atoms in total. The molecule has 4 heteroatoms. The van der Waals surface area contributed by atoms with Crippen LogP contribution in [0.5, 0.6) is 0 Å². The molecule has 20 heavy (non-hydrogen) atoms. The van der Waals surface area contributed by atoms with Crippen molar-refractivity contribution in [1.29, 1.82) is 0 Å². The van der Waals surface area contributed by atoms with Crippen LogP contribution in [0.4, 0.5) is 10.1 Å². The maximum absolute atomic E-state index is 13.2. The van der Waals surface area contributed by atoms with Crippen LogP contribution >= 0.6 is 0 Å². The molecule has 0 atom stereocenters. The molecule has 2 aromatic rings. The van der Waals surface area contributed by atoms with Crippen molar-refractivity contribution in [3.8, 4) is 0 Å². The van der Waals surface area contributed by atoms with Crippen molar-refractivity contribution in [3.05, 3.63) is 65.0 Å². The van der Waals surface area contributed by atoms with Gasteiger partial charge in [0, 0.05) is 17.8 Å². The number of nitrogens with one attached hydrogen (secondary N) is 1. The number of hydrogen-bond acceptors (Lipinski definition) is 2. The molecule has 0 spiro atoms. The molecule has 2 rings (SSSR count). The van der Waals surface area contributed by atoms with Crippen LogP contribution in [0.1, 0.15) is 21.5 Å². The lowest BCUT2D eigenvalue weighted by Crippen LogP contribution is -2.26. The third-order valence-electron chi connectivity index (χ3n) is 3.12. The summed E-state index contributed by atoms with van der Waals surface area (Å²) in [5.41, 5.74) is 8.38. The molecule has 0 aliphatic heterocycles. The maximum atomic E-state index is 13.2. The molecule has 0 heterocycles. The predicted molar refractivity (Wildman–Crippen MR) is 78.0 cm³/mol. The minimum atomic E-state index is -0.506. The number of rotatable bonds is 4. The Morgan fingerprint density at radius 1 is 1.25 bits per heavy atom. The lowest BCUT2D eigenvalue weighted by atomic mass is 10.1. The molecule has 0 fully saturated rings. The fraction of sp³-hybridized carbons (Fsp3) is 0.188. The van der Waals surface area contributed by atoms with Crippen LogP contribution in [-0.4, -0.2) is 12.5 Å². The van der Waals surface area contributed by atoms with Crippen LogP contribution in [0.15, 0.2) is 42.5 Å². The van der Waals surface area contributed by atoms with Gasteiger partial charge in [-0.3, -0.25) is 4.79 Å². The van der Waals surface area contributed by atoms with Crippen molar-refractivity contribution < 1.29 is 9.18 Å². The van der Waals surface area contributed by atoms with Crippen molar-refractivity contribution in [2.24, 2.45) is 0 Å². The van der Waals surface area contributed by atoms with Crippen LogP contribution in [0.25, 0.3) is 0 Å². The van der Waals surface area contributed by atoms with Crippen LogP contribution in [0, 0.1) is 12.7 Å². The summed E-state index contributed by atoms with van der Waals surface area (Å²) in [6.07, 6.45) is 0.739. The zero-order chi connectivity index (χ0) is 14.5. The van der Waals surface area contributed by atoms with E-state index in [0.717, 1.165) is 6.42 Å². The summed E-state index contributed by atoms with van der Waals surface area (Å²) >= 11 is 0. The molecule has 0 aliphatic rings. The van der Waals surface area contributed by atoms with E-state index in [1.165, 1.54) is 29.3 Å². The Hall–Kier alpha value is -2.36. The summed E-state index contributed by atoms with van der Waals surface area (Å²) in [5.74, 6) is -0.821. The molecular weight excluding hydrogens is 255 g/mol. The van der Waals surface area contributed by atoms with Crippen molar-refractivity contribution in [1.82, 2.24) is 5.32 Å². The Bertz CT molecular complexity index is 605. The van der Waals surface area contributed by atoms with Gasteiger partial charge < -0.3 is 11.1 Å². The Balaban J connectivity index is 1.94. The van der Waals surface area contributed by atoms with E-state index in [9.17, 15) is 9.18 Å². The van der Waals surface area contributed by atoms with Crippen molar-refractivity contribution >= 4 is 11.6 Å². The molecule has 0 radical (unpaired) electrons. The number of hydrogen-bond donors (Lipinski definition) is 2. The number of benzene rings is 2. The van der Waals surface area contributed by atoms with E-state index in [1.54, 1.807) is 0 Å². The zero-order valence-electron chi connectivity index (χ0n) is 11.3. The molecule has 0 aromatic heterocycles. The van der Waals surface area contributed by atoms with Gasteiger partial charge in [-0.2, -0.15) is 0 Å². The Morgan fingerprint density at radius 2 is 2.00 bits per heavy atom. The summed E-state index contributed by atoms with van der Waals surface area (Å²) in [6.45, 7) is 2.53. The first-order valence-electron chi connectivity index (χ1n) is 6.45. The minimum Gasteiger partial charge on any atom is -0.399 e. The molecule has 1 amide bonds. The highest BCUT2D eigenvalue weighted by Gasteiger charge is 2.07. The third kappa shape index (κ3) is 3.57. The van der Waals surface area contributed by atoms with Gasteiger partial charge in [-0.25, -0.2) is 4.39 Å². The first-order valence-corrected chi connectivity index (χ1v) is 6.45. The first kappa shape index (κ1) is 14.1. The molecule has 0 saturated carbocycles. The number of halogens is 1. The molecule has 0 unspecified atom stereocenters. The van der Waals surface area contributed by atoms with Gasteiger partial charge in [-0.1, -0.05) is 24.3 Å². The van der Waals surface area contributed by atoms with Crippen LogP contribution in [-0.2, 0) is 6.42 Å². The lowest BCUT2D eigenvalue weighted by molar-refractivity contribution is 0.0953. The summed E-state index contributed by atoms with van der Waals surface area (Å²) in [4.78, 5) is 11.9. The standard InChI is InChI=1S/C16H17FN2O/c1-11-4-2-3-5-12(11)6-7-19-16(20)13-8-14(17)10-15(18)9-13/h2-5,8-10H,6-7,18H2,1H3,(H,19,20). The van der Waals surface area contributed by atoms with Gasteiger partial charge in [0.25, 0.3) is 5.91 Å².